The lowest BCUT2D eigenvalue weighted by Crippen LogP contribution is -2.29. The summed E-state index contributed by atoms with van der Waals surface area (Å²) in [6.07, 6.45) is 0.488. The van der Waals surface area contributed by atoms with Crippen molar-refractivity contribution in [2.75, 3.05) is 17.7 Å². The molecule has 0 aliphatic heterocycles. The molecule has 0 aliphatic carbocycles. The standard InChI is InChI=1S/C11H16N4/c1-8(6-7-12)15(3)11-5-4-10(13)9(2)14-11/h4-5,8H,6,13H2,1-3H3. The van der Waals surface area contributed by atoms with Gasteiger partial charge in [-0.3, -0.25) is 0 Å². The Hall–Kier alpha value is -1.76. The van der Waals surface area contributed by atoms with Gasteiger partial charge in [0.05, 0.1) is 23.9 Å². The van der Waals surface area contributed by atoms with E-state index in [-0.39, 0.29) is 6.04 Å². The first kappa shape index (κ1) is 11.3. The Kier molecular flexibility index (Phi) is 3.51. The van der Waals surface area contributed by atoms with Gasteiger partial charge in [-0.05, 0) is 26.0 Å². The smallest absolute Gasteiger partial charge is 0.128 e. The molecular weight excluding hydrogens is 188 g/mol. The molecule has 0 bridgehead atoms. The van der Waals surface area contributed by atoms with Crippen LogP contribution in [-0.4, -0.2) is 18.1 Å². The Balaban J connectivity index is 2.87. The van der Waals surface area contributed by atoms with E-state index in [1.54, 1.807) is 0 Å². The number of nitrogens with two attached hydrogens (primary N) is 1. The van der Waals surface area contributed by atoms with Crippen LogP contribution in [0.1, 0.15) is 19.0 Å². The fourth-order valence-corrected chi connectivity index (χ4v) is 1.25. The van der Waals surface area contributed by atoms with Crippen molar-refractivity contribution in [1.29, 1.82) is 5.26 Å². The van der Waals surface area contributed by atoms with Crippen LogP contribution in [0.3, 0.4) is 0 Å². The van der Waals surface area contributed by atoms with Crippen molar-refractivity contribution in [2.24, 2.45) is 0 Å². The lowest BCUT2D eigenvalue weighted by atomic mass is 10.2. The van der Waals surface area contributed by atoms with E-state index in [0.717, 1.165) is 11.5 Å². The Labute approximate surface area is 90.3 Å². The fourth-order valence-electron chi connectivity index (χ4n) is 1.25. The van der Waals surface area contributed by atoms with Gasteiger partial charge in [-0.25, -0.2) is 4.98 Å². The zero-order valence-electron chi connectivity index (χ0n) is 9.36. The highest BCUT2D eigenvalue weighted by atomic mass is 15.2. The molecule has 0 aromatic carbocycles. The van der Waals surface area contributed by atoms with E-state index in [2.05, 4.69) is 11.1 Å². The van der Waals surface area contributed by atoms with Gasteiger partial charge >= 0.3 is 0 Å². The van der Waals surface area contributed by atoms with Gasteiger partial charge in [0.2, 0.25) is 0 Å². The number of hydrogen-bond acceptors (Lipinski definition) is 4. The molecule has 1 atom stereocenters. The van der Waals surface area contributed by atoms with Crippen LogP contribution in [0.25, 0.3) is 0 Å². The van der Waals surface area contributed by atoms with Crippen molar-refractivity contribution in [2.45, 2.75) is 26.3 Å². The van der Waals surface area contributed by atoms with Crippen LogP contribution < -0.4 is 10.6 Å². The van der Waals surface area contributed by atoms with Crippen molar-refractivity contribution in [3.05, 3.63) is 17.8 Å². The molecule has 1 heterocycles. The second kappa shape index (κ2) is 4.65. The van der Waals surface area contributed by atoms with Crippen LogP contribution >= 0.6 is 0 Å². The van der Waals surface area contributed by atoms with Crippen LogP contribution in [0.2, 0.25) is 0 Å². The Morgan fingerprint density at radius 3 is 2.80 bits per heavy atom. The number of aromatic nitrogens is 1. The third-order valence-electron chi connectivity index (χ3n) is 2.52. The lowest BCUT2D eigenvalue weighted by molar-refractivity contribution is 0.693. The molecule has 2 N–H and O–H groups in total. The number of aryl methyl sites for hydroxylation is 1. The van der Waals surface area contributed by atoms with Gasteiger partial charge in [0, 0.05) is 13.1 Å². The molecule has 0 amide bonds. The minimum Gasteiger partial charge on any atom is -0.397 e. The maximum absolute atomic E-state index is 8.61. The maximum atomic E-state index is 8.61. The Bertz CT molecular complexity index is 381. The number of anilines is 2. The molecule has 0 saturated carbocycles. The number of nitriles is 1. The SMILES string of the molecule is Cc1nc(N(C)C(C)CC#N)ccc1N. The quantitative estimate of drug-likeness (QED) is 0.814. The predicted octanol–water partition coefficient (Wildman–Crippen LogP) is 1.71. The third-order valence-corrected chi connectivity index (χ3v) is 2.52. The monoisotopic (exact) mass is 204 g/mol. The van der Waals surface area contributed by atoms with Crippen LogP contribution in [0.15, 0.2) is 12.1 Å². The van der Waals surface area contributed by atoms with Crippen molar-refractivity contribution in [3.8, 4) is 6.07 Å². The number of rotatable bonds is 3. The highest BCUT2D eigenvalue weighted by molar-refractivity contribution is 5.50. The van der Waals surface area contributed by atoms with Gasteiger partial charge in [0.15, 0.2) is 0 Å². The molecule has 0 aliphatic rings. The second-order valence-corrected chi connectivity index (χ2v) is 3.67. The van der Waals surface area contributed by atoms with Crippen molar-refractivity contribution in [1.82, 2.24) is 4.98 Å². The summed E-state index contributed by atoms with van der Waals surface area (Å²) in [5.41, 5.74) is 7.21. The van der Waals surface area contributed by atoms with Crippen molar-refractivity contribution in [3.63, 3.8) is 0 Å². The van der Waals surface area contributed by atoms with Gasteiger partial charge < -0.3 is 10.6 Å². The molecule has 0 fully saturated rings. The zero-order chi connectivity index (χ0) is 11.4. The van der Waals surface area contributed by atoms with E-state index < -0.39 is 0 Å². The number of pyridine rings is 1. The van der Waals surface area contributed by atoms with Crippen molar-refractivity contribution >= 4 is 11.5 Å². The van der Waals surface area contributed by atoms with Gasteiger partial charge in [0.25, 0.3) is 0 Å². The largest absolute Gasteiger partial charge is 0.397 e. The van der Waals surface area contributed by atoms with Gasteiger partial charge in [-0.2, -0.15) is 5.26 Å². The summed E-state index contributed by atoms with van der Waals surface area (Å²) >= 11 is 0. The molecule has 80 valence electrons. The van der Waals surface area contributed by atoms with Gasteiger partial charge in [-0.1, -0.05) is 0 Å². The summed E-state index contributed by atoms with van der Waals surface area (Å²) in [7, 11) is 1.93. The van der Waals surface area contributed by atoms with Crippen LogP contribution in [0, 0.1) is 18.3 Å². The molecule has 0 spiro atoms. The summed E-state index contributed by atoms with van der Waals surface area (Å²) < 4.78 is 0. The maximum Gasteiger partial charge on any atom is 0.128 e. The number of hydrogen-bond donors (Lipinski definition) is 1. The summed E-state index contributed by atoms with van der Waals surface area (Å²) in [6, 6.07) is 6.02. The molecule has 1 aromatic heterocycles. The van der Waals surface area contributed by atoms with Crippen molar-refractivity contribution < 1.29 is 0 Å². The number of nitrogens with zero attached hydrogens (tertiary/aromatic N) is 3. The molecule has 15 heavy (non-hydrogen) atoms. The van der Waals surface area contributed by atoms with E-state index in [0.29, 0.717) is 12.1 Å². The molecule has 1 rings (SSSR count). The highest BCUT2D eigenvalue weighted by Crippen LogP contribution is 2.17. The minimum absolute atomic E-state index is 0.158. The molecule has 4 heteroatoms. The lowest BCUT2D eigenvalue weighted by Gasteiger charge is -2.24. The highest BCUT2D eigenvalue weighted by Gasteiger charge is 2.11. The molecule has 1 unspecified atom stereocenters. The van der Waals surface area contributed by atoms with E-state index in [1.165, 1.54) is 0 Å². The summed E-state index contributed by atoms with van der Waals surface area (Å²) in [6.45, 7) is 3.87. The normalized spacial score (nSPS) is 11.9. The minimum atomic E-state index is 0.158. The third kappa shape index (κ3) is 2.59. The average Bonchev–Trinajstić information content (AvgIpc) is 2.21. The summed E-state index contributed by atoms with van der Waals surface area (Å²) in [4.78, 5) is 6.35. The average molecular weight is 204 g/mol. The first-order chi connectivity index (χ1) is 7.06. The van der Waals surface area contributed by atoms with E-state index >= 15 is 0 Å². The summed E-state index contributed by atoms with van der Waals surface area (Å²) in [5, 5.41) is 8.61. The predicted molar refractivity (Wildman–Crippen MR) is 61.5 cm³/mol. The van der Waals surface area contributed by atoms with E-state index in [1.807, 2.05) is 37.9 Å². The van der Waals surface area contributed by atoms with Crippen LogP contribution in [-0.2, 0) is 0 Å². The fraction of sp³-hybridized carbons (Fsp3) is 0.455. The topological polar surface area (TPSA) is 65.9 Å². The first-order valence-corrected chi connectivity index (χ1v) is 4.89. The van der Waals surface area contributed by atoms with E-state index in [9.17, 15) is 0 Å². The molecular formula is C11H16N4. The van der Waals surface area contributed by atoms with Crippen LogP contribution in [0.5, 0.6) is 0 Å². The first-order valence-electron chi connectivity index (χ1n) is 4.89. The molecule has 1 aromatic rings. The molecule has 0 radical (unpaired) electrons. The second-order valence-electron chi connectivity index (χ2n) is 3.67. The number of nitrogen functional groups attached to an aromatic ring is 1. The Morgan fingerprint density at radius 2 is 2.27 bits per heavy atom. The molecule has 4 nitrogen and oxygen atoms in total. The summed E-state index contributed by atoms with van der Waals surface area (Å²) in [5.74, 6) is 0.851. The van der Waals surface area contributed by atoms with Gasteiger partial charge in [0.1, 0.15) is 5.82 Å². The van der Waals surface area contributed by atoms with Crippen LogP contribution in [0.4, 0.5) is 11.5 Å². The molecule has 0 saturated heterocycles. The Morgan fingerprint density at radius 1 is 1.60 bits per heavy atom. The van der Waals surface area contributed by atoms with Gasteiger partial charge in [-0.15, -0.1) is 0 Å². The zero-order valence-corrected chi connectivity index (χ0v) is 9.36. The van der Waals surface area contributed by atoms with E-state index in [4.69, 9.17) is 11.0 Å².